The Bertz CT molecular complexity index is 382. The first-order valence-corrected chi connectivity index (χ1v) is 5.07. The highest BCUT2D eigenvalue weighted by atomic mass is 16.5. The Balaban J connectivity index is 2.24. The number of rotatable bonds is 5. The fourth-order valence-corrected chi connectivity index (χ4v) is 1.02. The standard InChI is InChI=1S/C13H15NO2/c1-11(2)13(15)16-9-8-14-10-12-6-4-3-5-7-12/h3-7,10H,1,8-9H2,2H3/b14-10+. The molecule has 0 saturated carbocycles. The van der Waals surface area contributed by atoms with Crippen LogP contribution in [-0.2, 0) is 9.53 Å². The first-order chi connectivity index (χ1) is 7.70. The van der Waals surface area contributed by atoms with E-state index in [0.29, 0.717) is 12.1 Å². The molecule has 16 heavy (non-hydrogen) atoms. The molecule has 0 bridgehead atoms. The highest BCUT2D eigenvalue weighted by Gasteiger charge is 2.00. The van der Waals surface area contributed by atoms with Gasteiger partial charge in [-0.05, 0) is 12.5 Å². The fourth-order valence-electron chi connectivity index (χ4n) is 1.02. The summed E-state index contributed by atoms with van der Waals surface area (Å²) in [5, 5.41) is 0. The summed E-state index contributed by atoms with van der Waals surface area (Å²) in [6.45, 7) is 5.86. The first kappa shape index (κ1) is 12.2. The maximum Gasteiger partial charge on any atom is 0.333 e. The molecule has 0 atom stereocenters. The Hall–Kier alpha value is -1.90. The van der Waals surface area contributed by atoms with Crippen molar-refractivity contribution in [2.75, 3.05) is 13.2 Å². The van der Waals surface area contributed by atoms with Gasteiger partial charge in [0.2, 0.25) is 0 Å². The Labute approximate surface area is 95.5 Å². The second kappa shape index (κ2) is 6.56. The minimum atomic E-state index is -0.366. The van der Waals surface area contributed by atoms with E-state index in [1.54, 1.807) is 13.1 Å². The molecule has 0 aromatic heterocycles. The Morgan fingerprint density at radius 3 is 2.75 bits per heavy atom. The van der Waals surface area contributed by atoms with Crippen molar-refractivity contribution < 1.29 is 9.53 Å². The minimum Gasteiger partial charge on any atom is -0.460 e. The van der Waals surface area contributed by atoms with E-state index in [0.717, 1.165) is 5.56 Å². The second-order valence-corrected chi connectivity index (χ2v) is 3.36. The molecule has 1 aromatic rings. The third kappa shape index (κ3) is 4.55. The molecular formula is C13H15NO2. The molecule has 1 aromatic carbocycles. The van der Waals surface area contributed by atoms with E-state index in [1.165, 1.54) is 0 Å². The van der Waals surface area contributed by atoms with Crippen molar-refractivity contribution in [2.24, 2.45) is 4.99 Å². The van der Waals surface area contributed by atoms with Crippen LogP contribution in [0.3, 0.4) is 0 Å². The van der Waals surface area contributed by atoms with E-state index >= 15 is 0 Å². The Morgan fingerprint density at radius 1 is 1.44 bits per heavy atom. The molecule has 1 rings (SSSR count). The van der Waals surface area contributed by atoms with Crippen LogP contribution < -0.4 is 0 Å². The summed E-state index contributed by atoms with van der Waals surface area (Å²) >= 11 is 0. The zero-order valence-electron chi connectivity index (χ0n) is 9.35. The third-order valence-electron chi connectivity index (χ3n) is 1.84. The highest BCUT2D eigenvalue weighted by molar-refractivity contribution is 5.86. The summed E-state index contributed by atoms with van der Waals surface area (Å²) in [5.41, 5.74) is 1.45. The van der Waals surface area contributed by atoms with Gasteiger partial charge in [-0.2, -0.15) is 0 Å². The predicted octanol–water partition coefficient (Wildman–Crippen LogP) is 2.22. The van der Waals surface area contributed by atoms with E-state index in [2.05, 4.69) is 11.6 Å². The van der Waals surface area contributed by atoms with E-state index < -0.39 is 0 Å². The molecule has 0 aliphatic heterocycles. The van der Waals surface area contributed by atoms with Crippen LogP contribution in [0.2, 0.25) is 0 Å². The van der Waals surface area contributed by atoms with Crippen molar-refractivity contribution in [2.45, 2.75) is 6.92 Å². The quantitative estimate of drug-likeness (QED) is 0.328. The number of nitrogens with zero attached hydrogens (tertiary/aromatic N) is 1. The fraction of sp³-hybridized carbons (Fsp3) is 0.231. The summed E-state index contributed by atoms with van der Waals surface area (Å²) in [4.78, 5) is 15.1. The van der Waals surface area contributed by atoms with Crippen LogP contribution >= 0.6 is 0 Å². The zero-order valence-corrected chi connectivity index (χ0v) is 9.35. The number of esters is 1. The first-order valence-electron chi connectivity index (χ1n) is 5.07. The SMILES string of the molecule is C=C(C)C(=O)OCC/N=C/c1ccccc1. The van der Waals surface area contributed by atoms with Crippen LogP contribution in [0.5, 0.6) is 0 Å². The molecule has 0 unspecified atom stereocenters. The molecule has 0 spiro atoms. The molecule has 0 aliphatic carbocycles. The Kier molecular flexibility index (Phi) is 4.99. The van der Waals surface area contributed by atoms with Gasteiger partial charge < -0.3 is 4.74 Å². The Morgan fingerprint density at radius 2 is 2.12 bits per heavy atom. The maximum atomic E-state index is 11.0. The molecule has 0 saturated heterocycles. The van der Waals surface area contributed by atoms with Gasteiger partial charge in [0.25, 0.3) is 0 Å². The topological polar surface area (TPSA) is 38.7 Å². The van der Waals surface area contributed by atoms with Crippen LogP contribution in [-0.4, -0.2) is 25.3 Å². The highest BCUT2D eigenvalue weighted by Crippen LogP contribution is 1.94. The lowest BCUT2D eigenvalue weighted by Crippen LogP contribution is -2.08. The van der Waals surface area contributed by atoms with Crippen LogP contribution in [0.4, 0.5) is 0 Å². The number of benzene rings is 1. The average molecular weight is 217 g/mol. The van der Waals surface area contributed by atoms with Gasteiger partial charge in [-0.25, -0.2) is 4.79 Å². The van der Waals surface area contributed by atoms with Crippen LogP contribution in [0.15, 0.2) is 47.5 Å². The summed E-state index contributed by atoms with van der Waals surface area (Å²) in [7, 11) is 0. The van der Waals surface area contributed by atoms with Crippen LogP contribution in [0.1, 0.15) is 12.5 Å². The van der Waals surface area contributed by atoms with Crippen molar-refractivity contribution in [1.29, 1.82) is 0 Å². The lowest BCUT2D eigenvalue weighted by atomic mass is 10.2. The van der Waals surface area contributed by atoms with Gasteiger partial charge in [0.1, 0.15) is 6.61 Å². The second-order valence-electron chi connectivity index (χ2n) is 3.36. The molecule has 0 fully saturated rings. The molecule has 0 amide bonds. The smallest absolute Gasteiger partial charge is 0.333 e. The van der Waals surface area contributed by atoms with E-state index in [9.17, 15) is 4.79 Å². The zero-order chi connectivity index (χ0) is 11.8. The van der Waals surface area contributed by atoms with Crippen molar-refractivity contribution in [3.05, 3.63) is 48.0 Å². The number of carbonyl (C=O) groups is 1. The van der Waals surface area contributed by atoms with E-state index in [-0.39, 0.29) is 12.6 Å². The normalized spacial score (nSPS) is 10.3. The predicted molar refractivity (Wildman–Crippen MR) is 64.7 cm³/mol. The molecule has 0 aliphatic rings. The van der Waals surface area contributed by atoms with Crippen LogP contribution in [0.25, 0.3) is 0 Å². The van der Waals surface area contributed by atoms with Gasteiger partial charge in [0.05, 0.1) is 6.54 Å². The van der Waals surface area contributed by atoms with Gasteiger partial charge >= 0.3 is 5.97 Å². The van der Waals surface area contributed by atoms with Gasteiger partial charge in [-0.15, -0.1) is 0 Å². The summed E-state index contributed by atoms with van der Waals surface area (Å²) in [6, 6.07) is 9.77. The summed E-state index contributed by atoms with van der Waals surface area (Å²) < 4.78 is 4.89. The van der Waals surface area contributed by atoms with E-state index in [1.807, 2.05) is 30.3 Å². The van der Waals surface area contributed by atoms with Crippen molar-refractivity contribution in [3.8, 4) is 0 Å². The van der Waals surface area contributed by atoms with Gasteiger partial charge in [-0.3, -0.25) is 4.99 Å². The monoisotopic (exact) mass is 217 g/mol. The third-order valence-corrected chi connectivity index (χ3v) is 1.84. The minimum absolute atomic E-state index is 0.287. The van der Waals surface area contributed by atoms with Crippen molar-refractivity contribution in [3.63, 3.8) is 0 Å². The molecule has 84 valence electrons. The van der Waals surface area contributed by atoms with Crippen molar-refractivity contribution >= 4 is 12.2 Å². The molecule has 0 N–H and O–H groups in total. The van der Waals surface area contributed by atoms with E-state index in [4.69, 9.17) is 4.74 Å². The molecule has 3 nitrogen and oxygen atoms in total. The summed E-state index contributed by atoms with van der Waals surface area (Å²) in [5.74, 6) is -0.366. The molecular weight excluding hydrogens is 202 g/mol. The number of hydrogen-bond acceptors (Lipinski definition) is 3. The van der Waals surface area contributed by atoms with Gasteiger partial charge in [0.15, 0.2) is 0 Å². The number of hydrogen-bond donors (Lipinski definition) is 0. The van der Waals surface area contributed by atoms with Crippen molar-refractivity contribution in [1.82, 2.24) is 0 Å². The van der Waals surface area contributed by atoms with Gasteiger partial charge in [0, 0.05) is 11.8 Å². The van der Waals surface area contributed by atoms with Crippen LogP contribution in [0, 0.1) is 0 Å². The number of aliphatic imine (C=N–C) groups is 1. The lowest BCUT2D eigenvalue weighted by Gasteiger charge is -2.00. The summed E-state index contributed by atoms with van der Waals surface area (Å²) in [6.07, 6.45) is 1.76. The molecule has 0 radical (unpaired) electrons. The molecule has 3 heteroatoms. The van der Waals surface area contributed by atoms with Gasteiger partial charge in [-0.1, -0.05) is 36.9 Å². The molecule has 0 heterocycles. The number of ether oxygens (including phenoxy) is 1. The maximum absolute atomic E-state index is 11.0. The average Bonchev–Trinajstić information content (AvgIpc) is 2.29. The lowest BCUT2D eigenvalue weighted by molar-refractivity contribution is -0.138. The largest absolute Gasteiger partial charge is 0.460 e. The number of carbonyl (C=O) groups excluding carboxylic acids is 1.